The number of amides is 1. The number of hydrogen-bond acceptors (Lipinski definition) is 4. The Bertz CT molecular complexity index is 1050. The largest absolute Gasteiger partial charge is 0.363 e. The summed E-state index contributed by atoms with van der Waals surface area (Å²) in [5.74, 6) is -0.677. The Hall–Kier alpha value is -2.22. The molecule has 0 fully saturated rings. The van der Waals surface area contributed by atoms with Crippen LogP contribution in [0.2, 0.25) is 19.6 Å². The van der Waals surface area contributed by atoms with E-state index in [1.165, 1.54) is 12.1 Å². The molecule has 0 spiro atoms. The van der Waals surface area contributed by atoms with Crippen molar-refractivity contribution >= 4 is 24.0 Å². The zero-order valence-corrected chi connectivity index (χ0v) is 18.5. The van der Waals surface area contributed by atoms with Gasteiger partial charge >= 0.3 is 0 Å². The Labute approximate surface area is 167 Å². The second kappa shape index (κ2) is 6.68. The summed E-state index contributed by atoms with van der Waals surface area (Å²) in [6.07, 6.45) is 0. The maximum absolute atomic E-state index is 13.5. The standard InChI is InChI=1S/C21H25NO4SSi/c1-15-11-13-18(14-12-15)27(25,26)22-20(23)16(2)19(28(3,4)5)21(22,24)17-9-7-6-8-10-17/h6-14,24H,1-5H3. The number of benzene rings is 2. The van der Waals surface area contributed by atoms with Crippen molar-refractivity contribution in [3.05, 3.63) is 76.5 Å². The first kappa shape index (κ1) is 20.5. The second-order valence-corrected chi connectivity index (χ2v) is 15.0. The van der Waals surface area contributed by atoms with Gasteiger partial charge in [-0.25, -0.2) is 8.42 Å². The smallest absolute Gasteiger partial charge is 0.269 e. The van der Waals surface area contributed by atoms with Crippen molar-refractivity contribution in [3.63, 3.8) is 0 Å². The summed E-state index contributed by atoms with van der Waals surface area (Å²) in [6, 6.07) is 14.8. The van der Waals surface area contributed by atoms with Gasteiger partial charge in [-0.3, -0.25) is 4.79 Å². The highest BCUT2D eigenvalue weighted by Crippen LogP contribution is 2.48. The molecule has 1 atom stereocenters. The molecule has 1 aliphatic heterocycles. The third-order valence-corrected chi connectivity index (χ3v) is 9.01. The van der Waals surface area contributed by atoms with Gasteiger partial charge < -0.3 is 5.11 Å². The van der Waals surface area contributed by atoms with E-state index in [-0.39, 0.29) is 4.90 Å². The van der Waals surface area contributed by atoms with Crippen molar-refractivity contribution in [2.24, 2.45) is 0 Å². The quantitative estimate of drug-likeness (QED) is 0.775. The molecular formula is C21H25NO4SSi. The number of sulfonamides is 1. The number of aryl methyl sites for hydroxylation is 1. The summed E-state index contributed by atoms with van der Waals surface area (Å²) in [5, 5.41) is 12.4. The Morgan fingerprint density at radius 3 is 1.96 bits per heavy atom. The van der Waals surface area contributed by atoms with E-state index in [2.05, 4.69) is 0 Å². The molecule has 2 aromatic carbocycles. The number of rotatable bonds is 4. The maximum Gasteiger partial charge on any atom is 0.269 e. The van der Waals surface area contributed by atoms with Crippen molar-refractivity contribution in [2.75, 3.05) is 0 Å². The van der Waals surface area contributed by atoms with Crippen molar-refractivity contribution in [3.8, 4) is 0 Å². The Morgan fingerprint density at radius 2 is 1.46 bits per heavy atom. The lowest BCUT2D eigenvalue weighted by atomic mass is 10.0. The lowest BCUT2D eigenvalue weighted by molar-refractivity contribution is -0.131. The molecule has 28 heavy (non-hydrogen) atoms. The summed E-state index contributed by atoms with van der Waals surface area (Å²) in [5.41, 5.74) is -0.451. The van der Waals surface area contributed by atoms with Crippen LogP contribution in [0.15, 0.2) is 70.3 Å². The minimum Gasteiger partial charge on any atom is -0.363 e. The van der Waals surface area contributed by atoms with Crippen molar-refractivity contribution < 1.29 is 18.3 Å². The predicted molar refractivity (Wildman–Crippen MR) is 112 cm³/mol. The van der Waals surface area contributed by atoms with Crippen LogP contribution in [0.1, 0.15) is 18.1 Å². The fourth-order valence-electron chi connectivity index (χ4n) is 3.89. The van der Waals surface area contributed by atoms with Crippen LogP contribution in [-0.4, -0.2) is 31.8 Å². The molecule has 5 nitrogen and oxygen atoms in total. The molecule has 1 N–H and O–H groups in total. The van der Waals surface area contributed by atoms with Crippen molar-refractivity contribution in [1.82, 2.24) is 4.31 Å². The molecule has 0 aromatic heterocycles. The SMILES string of the molecule is CC1=C([Si](C)(C)C)C(O)(c2ccccc2)N(S(=O)(=O)c2ccc(C)cc2)C1=O. The van der Waals surface area contributed by atoms with Gasteiger partial charge in [0, 0.05) is 11.1 Å². The molecule has 0 bridgehead atoms. The molecule has 0 saturated carbocycles. The van der Waals surface area contributed by atoms with Gasteiger partial charge in [-0.1, -0.05) is 67.7 Å². The Morgan fingerprint density at radius 1 is 0.929 bits per heavy atom. The minimum absolute atomic E-state index is 0.0227. The number of carbonyl (C=O) groups is 1. The van der Waals surface area contributed by atoms with E-state index in [1.807, 2.05) is 26.6 Å². The minimum atomic E-state index is -4.27. The summed E-state index contributed by atoms with van der Waals surface area (Å²) in [6.45, 7) is 9.44. The average molecular weight is 416 g/mol. The van der Waals surface area contributed by atoms with E-state index in [0.717, 1.165) is 5.56 Å². The number of hydrogen-bond donors (Lipinski definition) is 1. The molecule has 0 aliphatic carbocycles. The van der Waals surface area contributed by atoms with E-state index in [9.17, 15) is 18.3 Å². The lowest BCUT2D eigenvalue weighted by Gasteiger charge is -2.39. The monoisotopic (exact) mass is 415 g/mol. The highest BCUT2D eigenvalue weighted by molar-refractivity contribution is 7.89. The van der Waals surface area contributed by atoms with Crippen LogP contribution in [0.3, 0.4) is 0 Å². The van der Waals surface area contributed by atoms with Crippen LogP contribution >= 0.6 is 0 Å². The molecule has 1 heterocycles. The summed E-state index contributed by atoms with van der Waals surface area (Å²) in [4.78, 5) is 13.2. The Kier molecular flexibility index (Phi) is 4.90. The Balaban J connectivity index is 2.32. The molecule has 3 rings (SSSR count). The highest BCUT2D eigenvalue weighted by atomic mass is 32.2. The fourth-order valence-corrected chi connectivity index (χ4v) is 8.09. The van der Waals surface area contributed by atoms with E-state index in [0.29, 0.717) is 20.6 Å². The molecule has 1 unspecified atom stereocenters. The van der Waals surface area contributed by atoms with Gasteiger partial charge in [0.25, 0.3) is 15.9 Å². The van der Waals surface area contributed by atoms with Gasteiger partial charge in [0.05, 0.1) is 13.0 Å². The first-order valence-electron chi connectivity index (χ1n) is 9.08. The van der Waals surface area contributed by atoms with Crippen LogP contribution < -0.4 is 0 Å². The summed E-state index contributed by atoms with van der Waals surface area (Å²) in [7, 11) is -6.55. The molecular weight excluding hydrogens is 390 g/mol. The van der Waals surface area contributed by atoms with Gasteiger partial charge in [0.2, 0.25) is 5.72 Å². The number of aliphatic hydroxyl groups is 1. The lowest BCUT2D eigenvalue weighted by Crippen LogP contribution is -2.52. The van der Waals surface area contributed by atoms with E-state index >= 15 is 0 Å². The van der Waals surface area contributed by atoms with Gasteiger partial charge in [-0.05, 0) is 31.2 Å². The first-order chi connectivity index (χ1) is 12.9. The molecule has 1 amide bonds. The molecule has 0 saturated heterocycles. The zero-order chi connectivity index (χ0) is 20.9. The maximum atomic E-state index is 13.5. The first-order valence-corrected chi connectivity index (χ1v) is 14.0. The molecule has 2 aromatic rings. The molecule has 0 radical (unpaired) electrons. The van der Waals surface area contributed by atoms with Gasteiger partial charge in [0.15, 0.2) is 0 Å². The average Bonchev–Trinajstić information content (AvgIpc) is 2.83. The topological polar surface area (TPSA) is 74.7 Å². The van der Waals surface area contributed by atoms with Gasteiger partial charge in [-0.15, -0.1) is 0 Å². The number of carbonyl (C=O) groups excluding carboxylic acids is 1. The van der Waals surface area contributed by atoms with E-state index in [1.54, 1.807) is 49.4 Å². The van der Waals surface area contributed by atoms with Crippen LogP contribution in [0.4, 0.5) is 0 Å². The van der Waals surface area contributed by atoms with Crippen LogP contribution in [0.25, 0.3) is 0 Å². The fraction of sp³-hybridized carbons (Fsp3) is 0.286. The summed E-state index contributed by atoms with van der Waals surface area (Å²) >= 11 is 0. The molecule has 1 aliphatic rings. The van der Waals surface area contributed by atoms with Crippen LogP contribution in [-0.2, 0) is 20.5 Å². The second-order valence-electron chi connectivity index (χ2n) is 8.18. The van der Waals surface area contributed by atoms with Gasteiger partial charge in [-0.2, -0.15) is 4.31 Å². The number of nitrogens with zero attached hydrogens (tertiary/aromatic N) is 1. The summed E-state index contributed by atoms with van der Waals surface area (Å²) < 4.78 is 27.7. The van der Waals surface area contributed by atoms with Gasteiger partial charge in [0.1, 0.15) is 0 Å². The van der Waals surface area contributed by atoms with E-state index in [4.69, 9.17) is 0 Å². The molecule has 148 valence electrons. The van der Waals surface area contributed by atoms with Crippen molar-refractivity contribution in [2.45, 2.75) is 44.1 Å². The normalized spacial score (nSPS) is 20.8. The van der Waals surface area contributed by atoms with E-state index < -0.39 is 29.7 Å². The third-order valence-electron chi connectivity index (χ3n) is 5.01. The highest BCUT2D eigenvalue weighted by Gasteiger charge is 2.58. The predicted octanol–water partition coefficient (Wildman–Crippen LogP) is 3.57. The van der Waals surface area contributed by atoms with Crippen LogP contribution in [0, 0.1) is 6.92 Å². The third kappa shape index (κ3) is 3.03. The van der Waals surface area contributed by atoms with Crippen molar-refractivity contribution in [1.29, 1.82) is 0 Å². The van der Waals surface area contributed by atoms with Crippen LogP contribution in [0.5, 0.6) is 0 Å². The molecule has 7 heteroatoms. The zero-order valence-electron chi connectivity index (χ0n) is 16.7.